The number of carbonyl (C=O) groups excluding carboxylic acids is 1. The number of ether oxygens (including phenoxy) is 1. The van der Waals surface area contributed by atoms with Crippen LogP contribution in [0.25, 0.3) is 11.2 Å². The molecule has 0 bridgehead atoms. The maximum absolute atomic E-state index is 12.6. The fourth-order valence-electron chi connectivity index (χ4n) is 2.88. The largest absolute Gasteiger partial charge is 0.466 e. The van der Waals surface area contributed by atoms with E-state index in [-0.39, 0.29) is 25.5 Å². The van der Waals surface area contributed by atoms with E-state index in [9.17, 15) is 14.4 Å². The normalized spacial score (nSPS) is 11.1. The van der Waals surface area contributed by atoms with Crippen molar-refractivity contribution in [1.29, 1.82) is 0 Å². The van der Waals surface area contributed by atoms with Crippen molar-refractivity contribution < 1.29 is 9.53 Å². The molecule has 2 heterocycles. The van der Waals surface area contributed by atoms with Crippen molar-refractivity contribution in [2.24, 2.45) is 14.1 Å². The molecule has 29 heavy (non-hydrogen) atoms. The predicted octanol–water partition coefficient (Wildman–Crippen LogP) is 2.20. The van der Waals surface area contributed by atoms with Crippen LogP contribution in [0.5, 0.6) is 0 Å². The number of aryl methyl sites for hydroxylation is 2. The molecule has 2 aromatic heterocycles. The van der Waals surface area contributed by atoms with Crippen LogP contribution in [0.2, 0.25) is 5.02 Å². The lowest BCUT2D eigenvalue weighted by Crippen LogP contribution is -2.39. The summed E-state index contributed by atoms with van der Waals surface area (Å²) in [5, 5.41) is 0.656. The van der Waals surface area contributed by atoms with Crippen molar-refractivity contribution in [2.45, 2.75) is 24.3 Å². The van der Waals surface area contributed by atoms with Gasteiger partial charge in [0.25, 0.3) is 5.56 Å². The molecule has 0 atom stereocenters. The maximum Gasteiger partial charge on any atom is 0.332 e. The Hall–Kier alpha value is -2.52. The maximum atomic E-state index is 12.6. The molecule has 0 saturated carbocycles. The van der Waals surface area contributed by atoms with E-state index in [1.165, 1.54) is 22.7 Å². The fraction of sp³-hybridized carbons (Fsp3) is 0.368. The van der Waals surface area contributed by atoms with Crippen molar-refractivity contribution in [3.8, 4) is 0 Å². The van der Waals surface area contributed by atoms with Gasteiger partial charge in [0.1, 0.15) is 0 Å². The Morgan fingerprint density at radius 3 is 2.76 bits per heavy atom. The molecule has 0 unspecified atom stereocenters. The Balaban J connectivity index is 1.50. The molecule has 10 heteroatoms. The summed E-state index contributed by atoms with van der Waals surface area (Å²) < 4.78 is 9.28. The number of halogens is 1. The van der Waals surface area contributed by atoms with E-state index in [0.29, 0.717) is 28.4 Å². The molecule has 3 aromatic rings. The number of hydrogen-bond acceptors (Lipinski definition) is 6. The third-order valence-corrected chi connectivity index (χ3v) is 5.91. The lowest BCUT2D eigenvalue weighted by atomic mass is 10.4. The summed E-state index contributed by atoms with van der Waals surface area (Å²) in [4.78, 5) is 41.9. The molecule has 8 nitrogen and oxygen atoms in total. The first-order chi connectivity index (χ1) is 13.9. The van der Waals surface area contributed by atoms with Crippen LogP contribution in [0.3, 0.4) is 0 Å². The predicted molar refractivity (Wildman–Crippen MR) is 113 cm³/mol. The lowest BCUT2D eigenvalue weighted by Gasteiger charge is -2.09. The van der Waals surface area contributed by atoms with Crippen LogP contribution < -0.4 is 11.2 Å². The summed E-state index contributed by atoms with van der Waals surface area (Å²) in [5.41, 5.74) is -0.129. The van der Waals surface area contributed by atoms with E-state index in [1.807, 2.05) is 18.2 Å². The van der Waals surface area contributed by atoms with Crippen LogP contribution in [0.4, 0.5) is 0 Å². The number of thioether (sulfide) groups is 1. The Morgan fingerprint density at radius 2 is 2.00 bits per heavy atom. The molecule has 0 fully saturated rings. The highest BCUT2D eigenvalue weighted by Crippen LogP contribution is 2.26. The second-order valence-electron chi connectivity index (χ2n) is 6.43. The lowest BCUT2D eigenvalue weighted by molar-refractivity contribution is -0.143. The number of imidazole rings is 1. The van der Waals surface area contributed by atoms with Crippen molar-refractivity contribution in [3.05, 3.63) is 56.5 Å². The standard InChI is InChI=1S/C19H21ClN4O4S/c1-22-12-21-17-16(22)18(26)24(19(27)23(17)2)9-5-10-28-15(25)8-11-29-14-7-4-3-6-13(14)20/h3-4,6-7,12H,5,8-11H2,1-2H3. The van der Waals surface area contributed by atoms with Gasteiger partial charge < -0.3 is 9.30 Å². The number of fused-ring (bicyclic) bond motifs is 1. The van der Waals surface area contributed by atoms with Gasteiger partial charge in [-0.15, -0.1) is 11.8 Å². The summed E-state index contributed by atoms with van der Waals surface area (Å²) in [7, 11) is 3.28. The number of carbonyl (C=O) groups is 1. The summed E-state index contributed by atoms with van der Waals surface area (Å²) in [6, 6.07) is 7.44. The smallest absolute Gasteiger partial charge is 0.332 e. The molecule has 0 aliphatic rings. The van der Waals surface area contributed by atoms with Crippen molar-refractivity contribution in [2.75, 3.05) is 12.4 Å². The molecule has 154 valence electrons. The number of nitrogens with zero attached hydrogens (tertiary/aromatic N) is 4. The van der Waals surface area contributed by atoms with Gasteiger partial charge in [-0.3, -0.25) is 18.7 Å². The van der Waals surface area contributed by atoms with Gasteiger partial charge >= 0.3 is 11.7 Å². The van der Waals surface area contributed by atoms with Gasteiger partial charge in [-0.25, -0.2) is 9.78 Å². The Morgan fingerprint density at radius 1 is 1.24 bits per heavy atom. The zero-order chi connectivity index (χ0) is 21.0. The third-order valence-electron chi connectivity index (χ3n) is 4.39. The van der Waals surface area contributed by atoms with Gasteiger partial charge in [-0.05, 0) is 18.6 Å². The fourth-order valence-corrected chi connectivity index (χ4v) is 4.05. The Kier molecular flexibility index (Phi) is 6.81. The van der Waals surface area contributed by atoms with E-state index in [0.717, 1.165) is 9.46 Å². The summed E-state index contributed by atoms with van der Waals surface area (Å²) >= 11 is 7.57. The summed E-state index contributed by atoms with van der Waals surface area (Å²) in [6.45, 7) is 0.295. The average molecular weight is 437 g/mol. The van der Waals surface area contributed by atoms with Crippen LogP contribution in [-0.2, 0) is 30.2 Å². The second-order valence-corrected chi connectivity index (χ2v) is 7.97. The molecule has 3 rings (SSSR count). The minimum absolute atomic E-state index is 0.134. The molecule has 0 saturated heterocycles. The van der Waals surface area contributed by atoms with E-state index >= 15 is 0 Å². The van der Waals surface area contributed by atoms with Crippen molar-refractivity contribution >= 4 is 40.5 Å². The first kappa shape index (κ1) is 21.2. The van der Waals surface area contributed by atoms with Crippen LogP contribution in [-0.4, -0.2) is 37.0 Å². The van der Waals surface area contributed by atoms with Crippen molar-refractivity contribution in [1.82, 2.24) is 18.7 Å². The SMILES string of the molecule is Cn1cnc2c1c(=O)n(CCCOC(=O)CCSc1ccccc1Cl)c(=O)n2C. The zero-order valence-electron chi connectivity index (χ0n) is 16.1. The zero-order valence-corrected chi connectivity index (χ0v) is 17.7. The summed E-state index contributed by atoms with van der Waals surface area (Å²) in [6.07, 6.45) is 2.11. The van der Waals surface area contributed by atoms with E-state index in [2.05, 4.69) is 4.98 Å². The monoisotopic (exact) mass is 436 g/mol. The quantitative estimate of drug-likeness (QED) is 0.305. The molecule has 0 aliphatic heterocycles. The topological polar surface area (TPSA) is 88.1 Å². The molecule has 0 radical (unpaired) electrons. The number of benzene rings is 1. The van der Waals surface area contributed by atoms with E-state index < -0.39 is 11.2 Å². The van der Waals surface area contributed by atoms with Crippen LogP contribution in [0.15, 0.2) is 45.1 Å². The molecule has 0 amide bonds. The highest BCUT2D eigenvalue weighted by Gasteiger charge is 2.14. The number of esters is 1. The van der Waals surface area contributed by atoms with Gasteiger partial charge in [0.2, 0.25) is 0 Å². The number of rotatable bonds is 8. The van der Waals surface area contributed by atoms with Gasteiger partial charge in [-0.2, -0.15) is 0 Å². The highest BCUT2D eigenvalue weighted by atomic mass is 35.5. The van der Waals surface area contributed by atoms with Gasteiger partial charge in [0.05, 0.1) is 24.4 Å². The van der Waals surface area contributed by atoms with Gasteiger partial charge in [0, 0.05) is 31.3 Å². The molecule has 1 aromatic carbocycles. The minimum atomic E-state index is -0.441. The molecular formula is C19H21ClN4O4S. The minimum Gasteiger partial charge on any atom is -0.466 e. The van der Waals surface area contributed by atoms with Gasteiger partial charge in [0.15, 0.2) is 11.2 Å². The molecule has 0 N–H and O–H groups in total. The number of aromatic nitrogens is 4. The van der Waals surface area contributed by atoms with Gasteiger partial charge in [-0.1, -0.05) is 23.7 Å². The van der Waals surface area contributed by atoms with E-state index in [1.54, 1.807) is 24.7 Å². The Bertz CT molecular complexity index is 1150. The summed E-state index contributed by atoms with van der Waals surface area (Å²) in [5.74, 6) is 0.228. The van der Waals surface area contributed by atoms with Crippen LogP contribution >= 0.6 is 23.4 Å². The third kappa shape index (κ3) is 4.73. The molecule has 0 spiro atoms. The number of hydrogen-bond donors (Lipinski definition) is 0. The Labute approximate surface area is 176 Å². The average Bonchev–Trinajstić information content (AvgIpc) is 3.09. The molecular weight excluding hydrogens is 416 g/mol. The highest BCUT2D eigenvalue weighted by molar-refractivity contribution is 7.99. The van der Waals surface area contributed by atoms with E-state index in [4.69, 9.17) is 16.3 Å². The molecule has 0 aliphatic carbocycles. The first-order valence-corrected chi connectivity index (χ1v) is 10.4. The first-order valence-electron chi connectivity index (χ1n) is 9.04. The second kappa shape index (κ2) is 9.32. The van der Waals surface area contributed by atoms with Crippen LogP contribution in [0, 0.1) is 0 Å². The van der Waals surface area contributed by atoms with Crippen LogP contribution in [0.1, 0.15) is 12.8 Å². The van der Waals surface area contributed by atoms with Crippen molar-refractivity contribution in [3.63, 3.8) is 0 Å².